The van der Waals surface area contributed by atoms with Crippen LogP contribution in [0.1, 0.15) is 1.43 Å². The summed E-state index contributed by atoms with van der Waals surface area (Å²) in [5.41, 5.74) is 0. The third kappa shape index (κ3) is 3710. The largest absolute Gasteiger partial charge is 0.269 e. The zero-order valence-electron chi connectivity index (χ0n) is 2.13. The molecule has 0 saturated heterocycles. The van der Waals surface area contributed by atoms with Crippen LogP contribution in [0.2, 0.25) is 0 Å². The minimum Gasteiger partial charge on any atom is -0.269 e. The Labute approximate surface area is 32.5 Å². The van der Waals surface area contributed by atoms with E-state index in [0.717, 1.165) is 0 Å². The van der Waals surface area contributed by atoms with Crippen molar-refractivity contribution in [3.05, 3.63) is 0 Å². The molecule has 0 aromatic rings. The molecule has 0 nitrogen and oxygen atoms in total. The van der Waals surface area contributed by atoms with Crippen LogP contribution in [0, 0.1) is 0 Å². The van der Waals surface area contributed by atoms with E-state index in [4.69, 9.17) is 0 Å². The molecule has 0 unspecified atom stereocenters. The van der Waals surface area contributed by atoms with Crippen LogP contribution in [0.25, 0.3) is 0 Å². The summed E-state index contributed by atoms with van der Waals surface area (Å²) in [6, 6.07) is 0. The summed E-state index contributed by atoms with van der Waals surface area (Å²) in [5.74, 6) is 0. The highest BCUT2D eigenvalue weighted by Gasteiger charge is 0.0000151. The summed E-state index contributed by atoms with van der Waals surface area (Å²) in [6.45, 7) is 0. The Bertz CT molecular complexity index is 7.51. The predicted molar refractivity (Wildman–Crippen MR) is 17.9 cm³/mol. The van der Waals surface area contributed by atoms with Crippen LogP contribution in [-0.2, 0) is 0 Å². The third-order valence-electron chi connectivity index (χ3n) is 0. The number of hydrogen-bond donors (Lipinski definition) is 0. The van der Waals surface area contributed by atoms with Gasteiger partial charge in [-0.25, -0.2) is 0 Å². The van der Waals surface area contributed by atoms with Gasteiger partial charge in [0.1, 0.15) is 0 Å². The highest BCUT2D eigenvalue weighted by atomic mass is 28.1. The van der Waals surface area contributed by atoms with E-state index in [9.17, 15) is 0 Å². The quantitative estimate of drug-likeness (QED) is 0.314. The summed E-state index contributed by atoms with van der Waals surface area (Å²) < 4.78 is 0. The van der Waals surface area contributed by atoms with E-state index in [-0.39, 0.29) is 31.2 Å². The van der Waals surface area contributed by atoms with Crippen molar-refractivity contribution in [3.63, 3.8) is 0 Å². The van der Waals surface area contributed by atoms with E-state index in [2.05, 4.69) is 0 Å². The van der Waals surface area contributed by atoms with Gasteiger partial charge in [-0.2, -0.15) is 0 Å². The molecule has 0 rings (SSSR count). The Balaban J connectivity index is 0. The van der Waals surface area contributed by atoms with Crippen molar-refractivity contribution in [1.29, 1.82) is 0 Å². The monoisotopic (exact) mass is 110 g/mol. The van der Waals surface area contributed by atoms with E-state index in [1.165, 1.54) is 0 Å². The molecule has 0 aliphatic heterocycles. The maximum Gasteiger partial charge on any atom is 0 e. The minimum absolute atomic E-state index is 0. The van der Waals surface area contributed by atoms with Crippen molar-refractivity contribution in [2.45, 2.75) is 0 Å². The fourth-order valence-electron chi connectivity index (χ4n) is 0. The summed E-state index contributed by atoms with van der Waals surface area (Å²) in [7, 11) is 0. The van der Waals surface area contributed by atoms with Gasteiger partial charge in [0.2, 0.25) is 0 Å². The van der Waals surface area contributed by atoms with E-state index in [1.807, 2.05) is 0 Å². The van der Waals surface area contributed by atoms with Crippen molar-refractivity contribution in [2.24, 2.45) is 0 Å². The van der Waals surface area contributed by atoms with Crippen LogP contribution >= 0.6 is 0 Å². The van der Waals surface area contributed by atoms with Crippen molar-refractivity contribution in [3.8, 4) is 0 Å². The number of hydrogen-bond acceptors (Lipinski definition) is 0. The molecule has 4 radical (unpaired) electrons. The van der Waals surface area contributed by atoms with Crippen LogP contribution in [0.5, 0.6) is 0 Å². The van der Waals surface area contributed by atoms with Crippen molar-refractivity contribution in [2.75, 3.05) is 0 Å². The second-order valence-electron chi connectivity index (χ2n) is 0. The van der Waals surface area contributed by atoms with Crippen LogP contribution in [0.15, 0.2) is 0 Å². The highest BCUT2D eigenvalue weighted by Crippen LogP contribution is 0.423. The van der Waals surface area contributed by atoms with Gasteiger partial charge in [0.25, 0.3) is 0 Å². The molecule has 0 heterocycles. The number of rotatable bonds is 0. The number of halogens is 4. The molecule has 5 heteroatoms. The highest BCUT2D eigenvalue weighted by molar-refractivity contribution is 5.75. The van der Waals surface area contributed by atoms with Gasteiger partial charge in [-0.15, -0.1) is 0 Å². The topological polar surface area (TPSA) is 0 Å². The van der Waals surface area contributed by atoms with Gasteiger partial charge < -0.3 is 0 Å². The van der Waals surface area contributed by atoms with E-state index in [1.54, 1.807) is 0 Å². The van der Waals surface area contributed by atoms with Gasteiger partial charge in [-0.3, -0.25) is 18.8 Å². The molecule has 0 N–H and O–H groups in total. The van der Waals surface area contributed by atoms with Crippen LogP contribution in [-0.4, -0.2) is 11.0 Å². The Kier molecular flexibility index (Phi) is 32700000. The Morgan fingerprint density at radius 2 is 0.600 bits per heavy atom. The average molecular weight is 110 g/mol. The second-order valence-corrected chi connectivity index (χ2v) is 0. The zero-order valence-corrected chi connectivity index (χ0v) is 3.13. The van der Waals surface area contributed by atoms with Gasteiger partial charge in [0.15, 0.2) is 0 Å². The first-order chi connectivity index (χ1) is 0. The standard InChI is InChI=1S/4FH.Si.H2/h4*1H;;1H. The molecule has 0 aliphatic rings. The first-order valence-corrected chi connectivity index (χ1v) is 0. The van der Waals surface area contributed by atoms with Gasteiger partial charge >= 0.3 is 0 Å². The third-order valence-corrected chi connectivity index (χ3v) is 0. The van der Waals surface area contributed by atoms with E-state index < -0.39 is 0 Å². The normalized spacial score (nSPS) is 0. The summed E-state index contributed by atoms with van der Waals surface area (Å²) in [6.07, 6.45) is 0. The summed E-state index contributed by atoms with van der Waals surface area (Å²) in [5, 5.41) is 0. The Morgan fingerprint density at radius 3 is 0.600 bits per heavy atom. The fraction of sp³-hybridized carbons (Fsp3) is 0. The maximum atomic E-state index is 0. The van der Waals surface area contributed by atoms with Gasteiger partial charge in [-0.1, -0.05) is 0 Å². The van der Waals surface area contributed by atoms with Crippen LogP contribution < -0.4 is 0 Å². The molecule has 0 spiro atoms. The lowest BCUT2D eigenvalue weighted by atomic mass is 19.0. The molecule has 0 amide bonds. The minimum atomic E-state index is 0. The van der Waals surface area contributed by atoms with Gasteiger partial charge in [0.05, 0.1) is 0 Å². The lowest BCUT2D eigenvalue weighted by Crippen LogP contribution is -0.381. The van der Waals surface area contributed by atoms with E-state index in [0.29, 0.717) is 0 Å². The fourth-order valence-corrected chi connectivity index (χ4v) is 0. The second kappa shape index (κ2) is 8520. The average Bonchev–Trinajstić information content (AvgIpc) is 0. The van der Waals surface area contributed by atoms with E-state index >= 15 is 0 Å². The Hall–Kier alpha value is -0.0631. The smallest absolute Gasteiger partial charge is 0 e. The molecule has 0 saturated carbocycles. The SMILES string of the molecule is F.F.F.F.[HH].[Si]. The van der Waals surface area contributed by atoms with Gasteiger partial charge in [-0.05, 0) is 0 Å². The maximum absolute atomic E-state index is 0. The first kappa shape index (κ1) is 19200. The Morgan fingerprint density at radius 1 is 0.600 bits per heavy atom. The van der Waals surface area contributed by atoms with Gasteiger partial charge in [0, 0.05) is 12.4 Å². The van der Waals surface area contributed by atoms with Crippen LogP contribution in [0.3, 0.4) is 0 Å². The molecule has 5 heavy (non-hydrogen) atoms. The molecule has 38 valence electrons. The molecule has 0 aromatic carbocycles. The molecular formula is H6F4Si. The molecule has 0 bridgehead atoms. The summed E-state index contributed by atoms with van der Waals surface area (Å²) >= 11 is 0. The lowest BCUT2D eigenvalue weighted by Gasteiger charge is -0.270. The van der Waals surface area contributed by atoms with Crippen molar-refractivity contribution < 1.29 is 20.2 Å². The van der Waals surface area contributed by atoms with Crippen LogP contribution in [0.4, 0.5) is 18.8 Å². The molecular weight excluding hydrogens is 104 g/mol. The molecule has 0 aromatic heterocycles. The molecule has 0 aliphatic carbocycles. The molecule has 0 fully saturated rings. The summed E-state index contributed by atoms with van der Waals surface area (Å²) in [4.78, 5) is 0. The molecule has 0 atom stereocenters. The first-order valence-electron chi connectivity index (χ1n) is 0. The predicted octanol–water partition coefficient (Wildman–Crippen LogP) is 0.475. The van der Waals surface area contributed by atoms with Crippen molar-refractivity contribution in [1.82, 2.24) is 0 Å². The lowest BCUT2D eigenvalue weighted by molar-refractivity contribution is 1.11. The van der Waals surface area contributed by atoms with Crippen molar-refractivity contribution >= 4 is 11.0 Å². The zero-order chi connectivity index (χ0) is 0.